The van der Waals surface area contributed by atoms with Crippen LogP contribution in [0.15, 0.2) is 42.6 Å². The van der Waals surface area contributed by atoms with Gasteiger partial charge in [-0.1, -0.05) is 6.07 Å². The van der Waals surface area contributed by atoms with Crippen LogP contribution in [0.1, 0.15) is 23.8 Å². The Bertz CT molecular complexity index is 737. The van der Waals surface area contributed by atoms with E-state index in [2.05, 4.69) is 9.97 Å². The van der Waals surface area contributed by atoms with Gasteiger partial charge in [-0.15, -0.1) is 11.6 Å². The molecule has 3 aromatic rings. The van der Waals surface area contributed by atoms with Gasteiger partial charge in [-0.05, 0) is 31.2 Å². The van der Waals surface area contributed by atoms with E-state index in [-0.39, 0.29) is 11.2 Å². The quantitative estimate of drug-likeness (QED) is 0.684. The molecule has 3 nitrogen and oxygen atoms in total. The van der Waals surface area contributed by atoms with Gasteiger partial charge in [0.05, 0.1) is 28.6 Å². The minimum atomic E-state index is -0.297. The number of imidazole rings is 1. The van der Waals surface area contributed by atoms with E-state index < -0.39 is 0 Å². The smallest absolute Gasteiger partial charge is 0.128 e. The molecule has 1 aromatic carbocycles. The van der Waals surface area contributed by atoms with E-state index in [0.29, 0.717) is 12.1 Å². The minimum Gasteiger partial charge on any atom is -0.321 e. The Morgan fingerprint density at radius 2 is 2.15 bits per heavy atom. The summed E-state index contributed by atoms with van der Waals surface area (Å²) in [4.78, 5) is 8.75. The van der Waals surface area contributed by atoms with Gasteiger partial charge in [0.25, 0.3) is 0 Å². The van der Waals surface area contributed by atoms with Crippen molar-refractivity contribution in [3.05, 3.63) is 59.9 Å². The molecular formula is C15H13ClFN3. The SMILES string of the molecule is CC(Cl)c1nc2cc(F)ccc2n1Cc1ccccn1. The molecule has 3 rings (SSSR count). The zero-order chi connectivity index (χ0) is 14.1. The van der Waals surface area contributed by atoms with E-state index in [4.69, 9.17) is 11.6 Å². The number of alkyl halides is 1. The number of pyridine rings is 1. The van der Waals surface area contributed by atoms with Crippen LogP contribution in [0, 0.1) is 5.82 Å². The number of hydrogen-bond acceptors (Lipinski definition) is 2. The van der Waals surface area contributed by atoms with E-state index >= 15 is 0 Å². The maximum Gasteiger partial charge on any atom is 0.128 e. The first kappa shape index (κ1) is 13.1. The van der Waals surface area contributed by atoms with Gasteiger partial charge in [0.15, 0.2) is 0 Å². The Hall–Kier alpha value is -1.94. The summed E-state index contributed by atoms with van der Waals surface area (Å²) in [6.07, 6.45) is 1.75. The number of halogens is 2. The molecule has 0 bridgehead atoms. The van der Waals surface area contributed by atoms with Crippen molar-refractivity contribution in [3.63, 3.8) is 0 Å². The van der Waals surface area contributed by atoms with Crippen LogP contribution >= 0.6 is 11.6 Å². The fraction of sp³-hybridized carbons (Fsp3) is 0.200. The van der Waals surface area contributed by atoms with Gasteiger partial charge in [-0.3, -0.25) is 4.98 Å². The van der Waals surface area contributed by atoms with Crippen molar-refractivity contribution in [1.82, 2.24) is 14.5 Å². The van der Waals surface area contributed by atoms with Gasteiger partial charge in [0.2, 0.25) is 0 Å². The number of aromatic nitrogens is 3. The van der Waals surface area contributed by atoms with Crippen LogP contribution in [-0.2, 0) is 6.54 Å². The maximum atomic E-state index is 13.3. The second-order valence-corrected chi connectivity index (χ2v) is 5.28. The topological polar surface area (TPSA) is 30.7 Å². The van der Waals surface area contributed by atoms with Crippen LogP contribution in [-0.4, -0.2) is 14.5 Å². The van der Waals surface area contributed by atoms with Crippen LogP contribution in [0.5, 0.6) is 0 Å². The second kappa shape index (κ2) is 5.21. The predicted molar refractivity (Wildman–Crippen MR) is 77.3 cm³/mol. The van der Waals surface area contributed by atoms with Crippen LogP contribution in [0.2, 0.25) is 0 Å². The fourth-order valence-electron chi connectivity index (χ4n) is 2.25. The van der Waals surface area contributed by atoms with E-state index in [1.807, 2.05) is 29.7 Å². The molecule has 0 aliphatic rings. The second-order valence-electron chi connectivity index (χ2n) is 4.63. The third-order valence-electron chi connectivity index (χ3n) is 3.14. The van der Waals surface area contributed by atoms with Crippen molar-refractivity contribution >= 4 is 22.6 Å². The summed E-state index contributed by atoms with van der Waals surface area (Å²) >= 11 is 6.19. The molecule has 1 atom stereocenters. The predicted octanol–water partition coefficient (Wildman–Crippen LogP) is 3.92. The third-order valence-corrected chi connectivity index (χ3v) is 3.34. The largest absolute Gasteiger partial charge is 0.321 e. The Labute approximate surface area is 121 Å². The van der Waals surface area contributed by atoms with E-state index in [1.165, 1.54) is 12.1 Å². The lowest BCUT2D eigenvalue weighted by atomic mass is 10.3. The van der Waals surface area contributed by atoms with Crippen molar-refractivity contribution < 1.29 is 4.39 Å². The Morgan fingerprint density at radius 1 is 1.30 bits per heavy atom. The molecule has 5 heteroatoms. The van der Waals surface area contributed by atoms with E-state index in [0.717, 1.165) is 17.0 Å². The Kier molecular flexibility index (Phi) is 3.40. The number of nitrogens with zero attached hydrogens (tertiary/aromatic N) is 3. The van der Waals surface area contributed by atoms with E-state index in [1.54, 1.807) is 12.3 Å². The summed E-state index contributed by atoms with van der Waals surface area (Å²) in [6.45, 7) is 2.42. The molecule has 20 heavy (non-hydrogen) atoms. The maximum absolute atomic E-state index is 13.3. The normalized spacial score (nSPS) is 12.8. The standard InChI is InChI=1S/C15H13ClFN3/c1-10(16)15-19-13-8-11(17)5-6-14(13)20(15)9-12-4-2-3-7-18-12/h2-8,10H,9H2,1H3. The zero-order valence-electron chi connectivity index (χ0n) is 10.9. The molecule has 0 fully saturated rings. The van der Waals surface area contributed by atoms with Crippen molar-refractivity contribution in [2.45, 2.75) is 18.8 Å². The van der Waals surface area contributed by atoms with Crippen molar-refractivity contribution in [2.24, 2.45) is 0 Å². The first-order valence-electron chi connectivity index (χ1n) is 6.35. The van der Waals surface area contributed by atoms with Gasteiger partial charge in [0, 0.05) is 12.3 Å². The molecular weight excluding hydrogens is 277 g/mol. The number of benzene rings is 1. The molecule has 0 spiro atoms. The van der Waals surface area contributed by atoms with Crippen LogP contribution in [0.25, 0.3) is 11.0 Å². The minimum absolute atomic E-state index is 0.255. The molecule has 0 saturated heterocycles. The average molecular weight is 290 g/mol. The fourth-order valence-corrected chi connectivity index (χ4v) is 2.41. The lowest BCUT2D eigenvalue weighted by Crippen LogP contribution is -2.06. The molecule has 1 unspecified atom stereocenters. The molecule has 0 radical (unpaired) electrons. The van der Waals surface area contributed by atoms with Crippen molar-refractivity contribution in [2.75, 3.05) is 0 Å². The van der Waals surface area contributed by atoms with Crippen molar-refractivity contribution in [3.8, 4) is 0 Å². The summed E-state index contributed by atoms with van der Waals surface area (Å²) in [7, 11) is 0. The summed E-state index contributed by atoms with van der Waals surface area (Å²) in [5, 5.41) is -0.255. The highest BCUT2D eigenvalue weighted by Crippen LogP contribution is 2.25. The van der Waals surface area contributed by atoms with Gasteiger partial charge in [-0.2, -0.15) is 0 Å². The highest BCUT2D eigenvalue weighted by atomic mass is 35.5. The van der Waals surface area contributed by atoms with Gasteiger partial charge in [-0.25, -0.2) is 9.37 Å². The molecule has 2 aromatic heterocycles. The molecule has 0 saturated carbocycles. The van der Waals surface area contributed by atoms with Crippen molar-refractivity contribution in [1.29, 1.82) is 0 Å². The monoisotopic (exact) mass is 289 g/mol. The lowest BCUT2D eigenvalue weighted by molar-refractivity contribution is 0.629. The van der Waals surface area contributed by atoms with Gasteiger partial charge >= 0.3 is 0 Å². The summed E-state index contributed by atoms with van der Waals surface area (Å²) in [5.41, 5.74) is 2.39. The molecule has 0 amide bonds. The lowest BCUT2D eigenvalue weighted by Gasteiger charge is -2.10. The average Bonchev–Trinajstić information content (AvgIpc) is 2.78. The summed E-state index contributed by atoms with van der Waals surface area (Å²) in [6, 6.07) is 10.3. The Balaban J connectivity index is 2.14. The highest BCUT2D eigenvalue weighted by molar-refractivity contribution is 6.20. The highest BCUT2D eigenvalue weighted by Gasteiger charge is 2.15. The van der Waals surface area contributed by atoms with Gasteiger partial charge < -0.3 is 4.57 Å². The van der Waals surface area contributed by atoms with Crippen LogP contribution in [0.3, 0.4) is 0 Å². The van der Waals surface area contributed by atoms with Crippen LogP contribution < -0.4 is 0 Å². The molecule has 0 aliphatic carbocycles. The number of rotatable bonds is 3. The van der Waals surface area contributed by atoms with E-state index in [9.17, 15) is 4.39 Å². The Morgan fingerprint density at radius 3 is 2.85 bits per heavy atom. The summed E-state index contributed by atoms with van der Waals surface area (Å²) < 4.78 is 15.3. The number of hydrogen-bond donors (Lipinski definition) is 0. The molecule has 0 N–H and O–H groups in total. The zero-order valence-corrected chi connectivity index (χ0v) is 11.7. The molecule has 2 heterocycles. The first-order chi connectivity index (χ1) is 9.65. The third kappa shape index (κ3) is 2.39. The summed E-state index contributed by atoms with van der Waals surface area (Å²) in [5.74, 6) is 0.423. The molecule has 102 valence electrons. The molecule has 0 aliphatic heterocycles. The first-order valence-corrected chi connectivity index (χ1v) is 6.78. The number of fused-ring (bicyclic) bond motifs is 1. The van der Waals surface area contributed by atoms with Crippen LogP contribution in [0.4, 0.5) is 4.39 Å². The van der Waals surface area contributed by atoms with Gasteiger partial charge in [0.1, 0.15) is 11.6 Å².